The van der Waals surface area contributed by atoms with E-state index in [1.807, 2.05) is 24.0 Å². The lowest BCUT2D eigenvalue weighted by atomic mass is 10.00. The first-order valence-corrected chi connectivity index (χ1v) is 6.23. The van der Waals surface area contributed by atoms with E-state index < -0.39 is 0 Å². The molecular formula is C14H19NO2. The van der Waals surface area contributed by atoms with Crippen LogP contribution in [0.25, 0.3) is 0 Å². The Bertz CT molecular complexity index is 403. The second kappa shape index (κ2) is 5.21. The maximum atomic E-state index is 11.8. The van der Waals surface area contributed by atoms with E-state index >= 15 is 0 Å². The topological polar surface area (TPSA) is 29.5 Å². The van der Waals surface area contributed by atoms with Crippen LogP contribution in [0.5, 0.6) is 0 Å². The predicted molar refractivity (Wildman–Crippen MR) is 66.9 cm³/mol. The minimum atomic E-state index is -0.182. The minimum Gasteiger partial charge on any atom is -0.450 e. The lowest BCUT2D eigenvalue weighted by Crippen LogP contribution is -2.31. The summed E-state index contributed by atoms with van der Waals surface area (Å²) in [5, 5.41) is 0. The summed E-state index contributed by atoms with van der Waals surface area (Å²) in [4.78, 5) is 13.7. The highest BCUT2D eigenvalue weighted by molar-refractivity contribution is 5.68. The van der Waals surface area contributed by atoms with Crippen LogP contribution in [0.4, 0.5) is 4.79 Å². The molecule has 0 bridgehead atoms. The molecule has 3 heteroatoms. The van der Waals surface area contributed by atoms with Gasteiger partial charge in [0.1, 0.15) is 0 Å². The summed E-state index contributed by atoms with van der Waals surface area (Å²) >= 11 is 0. The molecule has 3 nitrogen and oxygen atoms in total. The van der Waals surface area contributed by atoms with Crippen LogP contribution in [0.1, 0.15) is 36.9 Å². The van der Waals surface area contributed by atoms with Crippen LogP contribution in [0, 0.1) is 6.92 Å². The van der Waals surface area contributed by atoms with Gasteiger partial charge in [-0.2, -0.15) is 0 Å². The number of likely N-dealkylation sites (tertiary alicyclic amines) is 1. The van der Waals surface area contributed by atoms with Gasteiger partial charge >= 0.3 is 6.09 Å². The first kappa shape index (κ1) is 12.0. The summed E-state index contributed by atoms with van der Waals surface area (Å²) in [6.07, 6.45) is 1.90. The molecule has 1 amide bonds. The quantitative estimate of drug-likeness (QED) is 0.784. The summed E-state index contributed by atoms with van der Waals surface area (Å²) in [6, 6.07) is 8.45. The Morgan fingerprint density at radius 1 is 1.47 bits per heavy atom. The van der Waals surface area contributed by atoms with Crippen molar-refractivity contribution in [2.75, 3.05) is 13.2 Å². The fraction of sp³-hybridized carbons (Fsp3) is 0.500. The molecule has 1 unspecified atom stereocenters. The number of aryl methyl sites for hydroxylation is 1. The van der Waals surface area contributed by atoms with E-state index in [1.165, 1.54) is 11.1 Å². The van der Waals surface area contributed by atoms with Crippen molar-refractivity contribution in [1.29, 1.82) is 0 Å². The van der Waals surface area contributed by atoms with Crippen LogP contribution in [0.2, 0.25) is 0 Å². The van der Waals surface area contributed by atoms with Crippen molar-refractivity contribution in [1.82, 2.24) is 4.90 Å². The molecular weight excluding hydrogens is 214 g/mol. The van der Waals surface area contributed by atoms with Crippen molar-refractivity contribution >= 4 is 6.09 Å². The fourth-order valence-electron chi connectivity index (χ4n) is 2.48. The number of ether oxygens (including phenoxy) is 1. The van der Waals surface area contributed by atoms with Crippen molar-refractivity contribution in [3.05, 3.63) is 35.4 Å². The molecule has 17 heavy (non-hydrogen) atoms. The van der Waals surface area contributed by atoms with Crippen molar-refractivity contribution in [2.24, 2.45) is 0 Å². The molecule has 1 fully saturated rings. The van der Waals surface area contributed by atoms with Crippen LogP contribution >= 0.6 is 0 Å². The summed E-state index contributed by atoms with van der Waals surface area (Å²) in [6.45, 7) is 5.18. The standard InChI is InChI=1S/C14H19NO2/c1-3-17-14(16)15-10-6-9-13(15)12-8-5-4-7-11(12)2/h4-5,7-8,13H,3,6,9-10H2,1-2H3. The highest BCUT2D eigenvalue weighted by Crippen LogP contribution is 2.33. The van der Waals surface area contributed by atoms with Crippen LogP contribution in [-0.4, -0.2) is 24.1 Å². The van der Waals surface area contributed by atoms with Crippen LogP contribution in [0.15, 0.2) is 24.3 Å². The molecule has 2 rings (SSSR count). The molecule has 1 aliphatic rings. The number of rotatable bonds is 2. The third kappa shape index (κ3) is 2.43. The molecule has 1 aromatic rings. The molecule has 0 spiro atoms. The van der Waals surface area contributed by atoms with Gasteiger partial charge in [-0.05, 0) is 37.8 Å². The second-order valence-corrected chi connectivity index (χ2v) is 4.41. The Morgan fingerprint density at radius 3 is 2.94 bits per heavy atom. The summed E-state index contributed by atoms with van der Waals surface area (Å²) in [7, 11) is 0. The van der Waals surface area contributed by atoms with E-state index in [2.05, 4.69) is 19.1 Å². The number of carbonyl (C=O) groups excluding carboxylic acids is 1. The van der Waals surface area contributed by atoms with Crippen LogP contribution in [0.3, 0.4) is 0 Å². The highest BCUT2D eigenvalue weighted by Gasteiger charge is 2.31. The zero-order valence-electron chi connectivity index (χ0n) is 10.5. The molecule has 1 saturated heterocycles. The summed E-state index contributed by atoms with van der Waals surface area (Å²) in [5.74, 6) is 0. The number of hydrogen-bond acceptors (Lipinski definition) is 2. The lowest BCUT2D eigenvalue weighted by Gasteiger charge is -2.25. The van der Waals surface area contributed by atoms with Gasteiger partial charge in [0, 0.05) is 6.54 Å². The Kier molecular flexibility index (Phi) is 3.67. The van der Waals surface area contributed by atoms with Crippen molar-refractivity contribution in [3.8, 4) is 0 Å². The molecule has 0 aromatic heterocycles. The van der Waals surface area contributed by atoms with Gasteiger partial charge in [0.25, 0.3) is 0 Å². The average Bonchev–Trinajstić information content (AvgIpc) is 2.79. The molecule has 0 aliphatic carbocycles. The first-order valence-electron chi connectivity index (χ1n) is 6.23. The van der Waals surface area contributed by atoms with Gasteiger partial charge in [0.2, 0.25) is 0 Å². The van der Waals surface area contributed by atoms with Crippen molar-refractivity contribution < 1.29 is 9.53 Å². The molecule has 1 heterocycles. The Hall–Kier alpha value is -1.51. The molecule has 1 aromatic carbocycles. The first-order chi connectivity index (χ1) is 8.24. The highest BCUT2D eigenvalue weighted by atomic mass is 16.6. The zero-order chi connectivity index (χ0) is 12.3. The smallest absolute Gasteiger partial charge is 0.410 e. The average molecular weight is 233 g/mol. The van der Waals surface area contributed by atoms with Crippen LogP contribution in [-0.2, 0) is 4.74 Å². The fourth-order valence-corrected chi connectivity index (χ4v) is 2.48. The Morgan fingerprint density at radius 2 is 2.24 bits per heavy atom. The molecule has 92 valence electrons. The van der Waals surface area contributed by atoms with E-state index in [4.69, 9.17) is 4.74 Å². The summed E-state index contributed by atoms with van der Waals surface area (Å²) < 4.78 is 5.10. The van der Waals surface area contributed by atoms with E-state index in [9.17, 15) is 4.79 Å². The van der Waals surface area contributed by atoms with Gasteiger partial charge in [0.15, 0.2) is 0 Å². The number of carbonyl (C=O) groups is 1. The minimum absolute atomic E-state index is 0.182. The van der Waals surface area contributed by atoms with E-state index in [-0.39, 0.29) is 12.1 Å². The van der Waals surface area contributed by atoms with Gasteiger partial charge in [-0.25, -0.2) is 4.79 Å². The van der Waals surface area contributed by atoms with Gasteiger partial charge in [-0.1, -0.05) is 24.3 Å². The largest absolute Gasteiger partial charge is 0.450 e. The van der Waals surface area contributed by atoms with Crippen molar-refractivity contribution in [3.63, 3.8) is 0 Å². The monoisotopic (exact) mass is 233 g/mol. The zero-order valence-corrected chi connectivity index (χ0v) is 10.5. The van der Waals surface area contributed by atoms with Crippen molar-refractivity contribution in [2.45, 2.75) is 32.7 Å². The van der Waals surface area contributed by atoms with Crippen LogP contribution < -0.4 is 0 Å². The lowest BCUT2D eigenvalue weighted by molar-refractivity contribution is 0.103. The normalized spacial score (nSPS) is 19.4. The number of hydrogen-bond donors (Lipinski definition) is 0. The maximum absolute atomic E-state index is 11.8. The molecule has 0 N–H and O–H groups in total. The number of amides is 1. The second-order valence-electron chi connectivity index (χ2n) is 4.41. The van der Waals surface area contributed by atoms with E-state index in [0.717, 1.165) is 19.4 Å². The van der Waals surface area contributed by atoms with Gasteiger partial charge in [-0.3, -0.25) is 0 Å². The van der Waals surface area contributed by atoms with Gasteiger partial charge in [0.05, 0.1) is 12.6 Å². The molecule has 1 aliphatic heterocycles. The molecule has 0 saturated carbocycles. The maximum Gasteiger partial charge on any atom is 0.410 e. The van der Waals surface area contributed by atoms with E-state index in [1.54, 1.807) is 0 Å². The molecule has 1 atom stereocenters. The summed E-state index contributed by atoms with van der Waals surface area (Å²) in [5.41, 5.74) is 2.49. The molecule has 0 radical (unpaired) electrons. The third-order valence-corrected chi connectivity index (χ3v) is 3.30. The van der Waals surface area contributed by atoms with Gasteiger partial charge in [-0.15, -0.1) is 0 Å². The third-order valence-electron chi connectivity index (χ3n) is 3.30. The van der Waals surface area contributed by atoms with Gasteiger partial charge < -0.3 is 9.64 Å². The number of benzene rings is 1. The Labute approximate surface area is 102 Å². The SMILES string of the molecule is CCOC(=O)N1CCCC1c1ccccc1C. The Balaban J connectivity index is 2.20. The van der Waals surface area contributed by atoms with E-state index in [0.29, 0.717) is 6.61 Å². The number of nitrogens with zero attached hydrogens (tertiary/aromatic N) is 1. The predicted octanol–water partition coefficient (Wildman–Crippen LogP) is 3.29.